The van der Waals surface area contributed by atoms with Crippen molar-refractivity contribution in [2.24, 2.45) is 0 Å². The Labute approximate surface area is 427 Å². The van der Waals surface area contributed by atoms with Crippen LogP contribution in [-0.2, 0) is 6.42 Å². The largest absolute Gasteiger partial charge is 1.00 e. The van der Waals surface area contributed by atoms with E-state index in [0.717, 1.165) is 44.8 Å². The van der Waals surface area contributed by atoms with Crippen LogP contribution in [0.5, 0.6) is 0 Å². The van der Waals surface area contributed by atoms with Gasteiger partial charge in [-0.15, -0.1) is 0 Å². The number of fused-ring (bicyclic) bond motifs is 9. The van der Waals surface area contributed by atoms with E-state index < -0.39 is 7.12 Å². The van der Waals surface area contributed by atoms with E-state index in [9.17, 15) is 14.4 Å². The van der Waals surface area contributed by atoms with Gasteiger partial charge in [-0.1, -0.05) is 177 Å². The maximum atomic E-state index is 12.3. The summed E-state index contributed by atoms with van der Waals surface area (Å²) in [6, 6.07) is 72.9. The van der Waals surface area contributed by atoms with Gasteiger partial charge in [-0.2, -0.15) is 6.42 Å². The van der Waals surface area contributed by atoms with Gasteiger partial charge in [0.2, 0.25) is 0 Å². The molecule has 2 N–H and O–H groups in total. The fourth-order valence-corrected chi connectivity index (χ4v) is 9.17. The Kier molecular flexibility index (Phi) is 17.5. The van der Waals surface area contributed by atoms with E-state index in [0.29, 0.717) is 9.94 Å². The van der Waals surface area contributed by atoms with Crippen molar-refractivity contribution in [3.05, 3.63) is 251 Å². The molecule has 0 amide bonds. The summed E-state index contributed by atoms with van der Waals surface area (Å²) in [4.78, 5) is 0. The summed E-state index contributed by atoms with van der Waals surface area (Å²) in [5.74, 6) is -0.215. The first-order valence-electron chi connectivity index (χ1n) is 22.3. The fourth-order valence-electron chi connectivity index (χ4n) is 8.43. The third-order valence-electron chi connectivity index (χ3n) is 11.6. The van der Waals surface area contributed by atoms with Crippen molar-refractivity contribution in [2.45, 2.75) is 26.2 Å². The molecule has 1 aliphatic rings. The number of hydrogen-bond acceptors (Lipinski definition) is 2. The zero-order valence-corrected chi connectivity index (χ0v) is 41.3. The van der Waals surface area contributed by atoms with Gasteiger partial charge in [0.1, 0.15) is 5.82 Å². The molecule has 0 bridgehead atoms. The molecule has 11 aromatic rings. The van der Waals surface area contributed by atoms with Crippen LogP contribution in [0.1, 0.15) is 30.9 Å². The minimum Gasteiger partial charge on any atom is -0.423 e. The van der Waals surface area contributed by atoms with Crippen LogP contribution in [0.15, 0.2) is 227 Å². The van der Waals surface area contributed by atoms with Crippen molar-refractivity contribution in [1.29, 1.82) is 0 Å². The molecule has 1 aliphatic carbocycles. The number of benzene rings is 9. The van der Waals surface area contributed by atoms with Gasteiger partial charge in [0.25, 0.3) is 0 Å². The molecule has 2 aromatic heterocycles. The number of halogens is 3. The normalized spacial score (nSPS) is 10.8. The van der Waals surface area contributed by atoms with Gasteiger partial charge in [-0.25, -0.2) is 4.39 Å². The molecule has 0 radical (unpaired) electrons. The molecule has 2 heterocycles. The number of aromatic nitrogens is 2. The van der Waals surface area contributed by atoms with Crippen LogP contribution in [0.3, 0.4) is 0 Å². The van der Waals surface area contributed by atoms with Crippen LogP contribution in [0.25, 0.3) is 66.1 Å². The molecule has 9 heteroatoms. The second-order valence-corrected chi connectivity index (χ2v) is 17.6. The summed E-state index contributed by atoms with van der Waals surface area (Å²) in [6.45, 7) is 5.72. The minimum absolute atomic E-state index is 0. The molecule has 0 spiro atoms. The van der Waals surface area contributed by atoms with E-state index in [1.807, 2.05) is 48.5 Å². The number of unbranched alkanes of at least 4 members (excludes halogenated alkanes) is 1. The van der Waals surface area contributed by atoms with Crippen molar-refractivity contribution < 1.29 is 33.3 Å². The molecule has 0 saturated heterocycles. The van der Waals surface area contributed by atoms with Crippen LogP contribution < -0.4 is 24.3 Å². The van der Waals surface area contributed by atoms with Crippen LogP contribution >= 0.6 is 31.9 Å². The van der Waals surface area contributed by atoms with E-state index in [1.165, 1.54) is 62.2 Å². The average Bonchev–Trinajstić information content (AvgIpc) is 4.04. The van der Waals surface area contributed by atoms with Gasteiger partial charge in [-0.05, 0) is 115 Å². The Bertz CT molecular complexity index is 3250. The summed E-state index contributed by atoms with van der Waals surface area (Å²) in [6.07, 6.45) is 3.38. The van der Waals surface area contributed by atoms with E-state index >= 15 is 0 Å². The molecule has 0 unspecified atom stereocenters. The van der Waals surface area contributed by atoms with Crippen LogP contribution in [0.4, 0.5) is 4.39 Å². The monoisotopic (exact) mass is 1010 g/mol. The molecule has 332 valence electrons. The summed E-state index contributed by atoms with van der Waals surface area (Å²) >= 11 is 6.69. The van der Waals surface area contributed by atoms with Gasteiger partial charge in [0, 0.05) is 37.2 Å². The quantitative estimate of drug-likeness (QED) is 0.136. The first kappa shape index (κ1) is 49.9. The molecule has 12 rings (SSSR count). The van der Waals surface area contributed by atoms with Crippen molar-refractivity contribution in [2.75, 3.05) is 0 Å². The third-order valence-corrected chi connectivity index (χ3v) is 12.9. The predicted molar refractivity (Wildman–Crippen MR) is 288 cm³/mol. The Morgan fingerprint density at radius 2 is 0.809 bits per heavy atom. The van der Waals surface area contributed by atoms with Crippen molar-refractivity contribution in [3.8, 4) is 22.5 Å². The van der Waals surface area contributed by atoms with Crippen LogP contribution in [0.2, 0.25) is 0 Å². The van der Waals surface area contributed by atoms with Crippen LogP contribution in [0, 0.1) is 12.7 Å². The second-order valence-electron chi connectivity index (χ2n) is 15.9. The van der Waals surface area contributed by atoms with Gasteiger partial charge in [-0.3, -0.25) is 0 Å². The number of hydrogen-bond donors (Lipinski definition) is 2. The summed E-state index contributed by atoms with van der Waals surface area (Å²) < 4.78 is 18.3. The number of nitrogens with zero attached hydrogens (tertiary/aromatic N) is 2. The standard InChI is InChI=1S/C18H14BNO2.C18H12BrN.C13H10.C6H4BrF.C4H9.Li/c21-19(22)15-9-3-6-12-18(15)20-16-10-4-1-7-13(16)14-8-2-5-11-17(14)20;19-15-9-3-6-12-18(15)20-16-10-4-1-7-13(16)14-8-2-5-11-17(14)20;1-3-7-12-10(5-1)9-11-6-2-4-8-13(11)12;7-5-3-1-2-4-6(5)8;1-3-4-2;/h1-12,21-22H;1-12H;1-8H,9H2;1-4H;1,3-4H2,2H3;/q;;;;-1;+1. The summed E-state index contributed by atoms with van der Waals surface area (Å²) in [5.41, 5.74) is 12.8. The van der Waals surface area contributed by atoms with Gasteiger partial charge in [0.15, 0.2) is 0 Å². The van der Waals surface area contributed by atoms with Gasteiger partial charge >= 0.3 is 26.0 Å². The maximum absolute atomic E-state index is 12.3. The predicted octanol–water partition coefficient (Wildman–Crippen LogP) is 12.5. The molecule has 0 saturated carbocycles. The molecule has 0 atom stereocenters. The van der Waals surface area contributed by atoms with Crippen molar-refractivity contribution >= 4 is 88.1 Å². The molecule has 9 aromatic carbocycles. The molecule has 4 nitrogen and oxygen atoms in total. The fraction of sp³-hybridized carbons (Fsp3) is 0.0678. The number of para-hydroxylation sites is 6. The Balaban J connectivity index is 0.000000136. The Hall–Kier alpha value is -5.95. The van der Waals surface area contributed by atoms with Crippen LogP contribution in [-0.4, -0.2) is 26.3 Å². The third kappa shape index (κ3) is 11.0. The van der Waals surface area contributed by atoms with Crippen molar-refractivity contribution in [3.63, 3.8) is 0 Å². The first-order valence-corrected chi connectivity index (χ1v) is 23.9. The second kappa shape index (κ2) is 23.9. The number of rotatable bonds is 4. The summed E-state index contributed by atoms with van der Waals surface area (Å²) in [7, 11) is -1.50. The molecule has 0 aliphatic heterocycles. The minimum atomic E-state index is -1.50. The van der Waals surface area contributed by atoms with Gasteiger partial charge in [0.05, 0.1) is 32.2 Å². The van der Waals surface area contributed by atoms with E-state index in [2.05, 4.69) is 194 Å². The Morgan fingerprint density at radius 1 is 0.471 bits per heavy atom. The zero-order valence-electron chi connectivity index (χ0n) is 38.1. The molecular formula is C59H49BBr2FLiN2O2. The topological polar surface area (TPSA) is 50.3 Å². The SMILES string of the molecule is Brc1ccccc1-n1c2ccccc2c2ccccc21.Fc1ccccc1Br.OB(O)c1ccccc1-n1c2ccccc2c2ccccc21.[CH2-]CCC.[Li+].c1ccc2c(c1)Cc1ccccc1-2. The van der Waals surface area contributed by atoms with E-state index in [-0.39, 0.29) is 24.7 Å². The first-order chi connectivity index (χ1) is 32.8. The molecule has 68 heavy (non-hydrogen) atoms. The smallest absolute Gasteiger partial charge is 0.423 e. The van der Waals surface area contributed by atoms with Gasteiger partial charge < -0.3 is 26.1 Å². The van der Waals surface area contributed by atoms with E-state index in [4.69, 9.17) is 0 Å². The molecule has 0 fully saturated rings. The average molecular weight is 1010 g/mol. The maximum Gasteiger partial charge on any atom is 1.00 e. The Morgan fingerprint density at radius 3 is 1.21 bits per heavy atom. The van der Waals surface area contributed by atoms with E-state index in [1.54, 1.807) is 24.3 Å². The summed E-state index contributed by atoms with van der Waals surface area (Å²) in [5, 5.41) is 24.3. The zero-order chi connectivity index (χ0) is 46.7. The molecular weight excluding hydrogens is 965 g/mol. The van der Waals surface area contributed by atoms with Crippen molar-refractivity contribution in [1.82, 2.24) is 9.13 Å².